The zero-order valence-corrected chi connectivity index (χ0v) is 8.67. The van der Waals surface area contributed by atoms with Gasteiger partial charge in [-0.2, -0.15) is 0 Å². The van der Waals surface area contributed by atoms with Crippen molar-refractivity contribution in [1.29, 1.82) is 0 Å². The van der Waals surface area contributed by atoms with E-state index in [1.54, 1.807) is 38.5 Å². The summed E-state index contributed by atoms with van der Waals surface area (Å²) in [5.74, 6) is 4.93. The minimum Gasteiger partial charge on any atom is -0.285 e. The second kappa shape index (κ2) is 4.00. The summed E-state index contributed by atoms with van der Waals surface area (Å²) in [6.45, 7) is 0. The summed E-state index contributed by atoms with van der Waals surface area (Å²) >= 11 is 4.32. The lowest BCUT2D eigenvalue weighted by Crippen LogP contribution is -2.38. The first kappa shape index (κ1) is 9.51. The lowest BCUT2D eigenvalue weighted by atomic mass is 9.56. The van der Waals surface area contributed by atoms with Crippen LogP contribution in [0, 0.1) is 23.7 Å². The van der Waals surface area contributed by atoms with Gasteiger partial charge in [0, 0.05) is 0 Å². The fraction of sp³-hybridized carbons (Fsp3) is 0.909. The molecule has 0 atom stereocenters. The Morgan fingerprint density at radius 3 is 1.08 bits per heavy atom. The molecule has 4 fully saturated rings. The van der Waals surface area contributed by atoms with Gasteiger partial charge in [-0.1, -0.05) is 0 Å². The van der Waals surface area contributed by atoms with E-state index in [0.717, 1.165) is 0 Å². The molecule has 4 aliphatic rings. The average molecular weight is 201 g/mol. The molecule has 13 heavy (non-hydrogen) atoms. The Kier molecular flexibility index (Phi) is 2.92. The van der Waals surface area contributed by atoms with E-state index in [1.165, 1.54) is 23.7 Å². The van der Waals surface area contributed by atoms with Crippen molar-refractivity contribution in [3.8, 4) is 0 Å². The quantitative estimate of drug-likeness (QED) is 0.434. The first-order chi connectivity index (χ1) is 6.31. The zero-order valence-electron chi connectivity index (χ0n) is 7.92. The monoisotopic (exact) mass is 200 g/mol. The second-order valence-corrected chi connectivity index (χ2v) is 5.15. The third-order valence-electron chi connectivity index (χ3n) is 4.00. The molecule has 0 amide bonds. The number of halogens is 1. The molecule has 2 heteroatoms. The van der Waals surface area contributed by atoms with Crippen molar-refractivity contribution in [3.63, 3.8) is 0 Å². The van der Waals surface area contributed by atoms with Crippen LogP contribution in [0.2, 0.25) is 0 Å². The fourth-order valence-electron chi connectivity index (χ4n) is 3.98. The van der Waals surface area contributed by atoms with E-state index in [2.05, 4.69) is 11.6 Å². The standard InChI is InChI=1S/C10H16.CHClO/c1-7-2-9-4-8(1)5-10(3-7)6-9;2-1-3/h7-10H,1-6H2;1H. The van der Waals surface area contributed by atoms with Gasteiger partial charge in [0.1, 0.15) is 0 Å². The van der Waals surface area contributed by atoms with E-state index < -0.39 is 0 Å². The molecule has 0 saturated heterocycles. The second-order valence-electron chi connectivity index (χ2n) is 4.97. The van der Waals surface area contributed by atoms with Crippen molar-refractivity contribution < 1.29 is 4.79 Å². The van der Waals surface area contributed by atoms with Crippen molar-refractivity contribution in [2.45, 2.75) is 38.5 Å². The van der Waals surface area contributed by atoms with E-state index >= 15 is 0 Å². The van der Waals surface area contributed by atoms with Crippen LogP contribution >= 0.6 is 11.6 Å². The molecule has 1 nitrogen and oxygen atoms in total. The molecule has 0 radical (unpaired) electrons. The Bertz CT molecular complexity index is 134. The first-order valence-electron chi connectivity index (χ1n) is 5.35. The number of rotatable bonds is 0. The van der Waals surface area contributed by atoms with Gasteiger partial charge in [-0.05, 0) is 73.8 Å². The summed E-state index contributed by atoms with van der Waals surface area (Å²) in [6.07, 6.45) is 9.62. The highest BCUT2D eigenvalue weighted by Gasteiger charge is 2.41. The third kappa shape index (κ3) is 2.07. The molecule has 0 aromatic carbocycles. The molecule has 0 aliphatic heterocycles. The molecule has 4 aliphatic carbocycles. The van der Waals surface area contributed by atoms with Crippen LogP contribution in [-0.2, 0) is 4.79 Å². The van der Waals surface area contributed by atoms with Gasteiger partial charge in [0.15, 0.2) is 0 Å². The summed E-state index contributed by atoms with van der Waals surface area (Å²) < 4.78 is 0. The molecule has 0 aromatic rings. The van der Waals surface area contributed by atoms with Gasteiger partial charge < -0.3 is 0 Å². The smallest absolute Gasteiger partial charge is 0.208 e. The first-order valence-corrected chi connectivity index (χ1v) is 5.79. The maximum absolute atomic E-state index is 8.57. The highest BCUT2D eigenvalue weighted by Crippen LogP contribution is 2.53. The molecular formula is C11H17ClO. The number of carbonyl (C=O) groups excluding carboxylic acids is 1. The van der Waals surface area contributed by atoms with E-state index in [0.29, 0.717) is 0 Å². The molecule has 4 bridgehead atoms. The summed E-state index contributed by atoms with van der Waals surface area (Å²) in [5, 5.41) is 0. The van der Waals surface area contributed by atoms with Crippen molar-refractivity contribution >= 4 is 17.3 Å². The molecule has 4 saturated carbocycles. The minimum atomic E-state index is 0.222. The predicted molar refractivity (Wildman–Crippen MR) is 54.3 cm³/mol. The van der Waals surface area contributed by atoms with Crippen LogP contribution in [0.5, 0.6) is 0 Å². The lowest BCUT2D eigenvalue weighted by Gasteiger charge is -2.49. The van der Waals surface area contributed by atoms with Crippen molar-refractivity contribution in [1.82, 2.24) is 0 Å². The van der Waals surface area contributed by atoms with Crippen molar-refractivity contribution in [3.05, 3.63) is 0 Å². The summed E-state index contributed by atoms with van der Waals surface area (Å²) in [4.78, 5) is 8.57. The van der Waals surface area contributed by atoms with Crippen LogP contribution in [0.25, 0.3) is 0 Å². The molecule has 0 spiro atoms. The van der Waals surface area contributed by atoms with Gasteiger partial charge in [0.2, 0.25) is 5.75 Å². The van der Waals surface area contributed by atoms with E-state index in [1.807, 2.05) is 0 Å². The number of hydrogen-bond acceptors (Lipinski definition) is 1. The Labute approximate surface area is 84.8 Å². The van der Waals surface area contributed by atoms with Gasteiger partial charge >= 0.3 is 0 Å². The van der Waals surface area contributed by atoms with Crippen LogP contribution in [0.3, 0.4) is 0 Å². The highest BCUT2D eigenvalue weighted by atomic mass is 35.5. The molecule has 0 aromatic heterocycles. The van der Waals surface area contributed by atoms with Gasteiger partial charge in [-0.3, -0.25) is 4.79 Å². The SMILES string of the molecule is C1C2CC3CC1CC(C2)C3.O=CCl. The largest absolute Gasteiger partial charge is 0.285 e. The Hall–Kier alpha value is -0.0400. The van der Waals surface area contributed by atoms with E-state index in [-0.39, 0.29) is 5.75 Å². The number of hydrogen-bond donors (Lipinski definition) is 0. The zero-order chi connectivity index (χ0) is 9.26. The summed E-state index contributed by atoms with van der Waals surface area (Å²) in [5.41, 5.74) is 0. The Morgan fingerprint density at radius 2 is 0.923 bits per heavy atom. The summed E-state index contributed by atoms with van der Waals surface area (Å²) in [7, 11) is 0. The number of carbonyl (C=O) groups is 1. The molecule has 74 valence electrons. The van der Waals surface area contributed by atoms with E-state index in [4.69, 9.17) is 4.79 Å². The molecule has 4 rings (SSSR count). The molecule has 0 N–H and O–H groups in total. The maximum Gasteiger partial charge on any atom is 0.208 e. The van der Waals surface area contributed by atoms with Crippen LogP contribution in [-0.4, -0.2) is 5.75 Å². The third-order valence-corrected chi connectivity index (χ3v) is 4.00. The van der Waals surface area contributed by atoms with Crippen LogP contribution in [0.15, 0.2) is 0 Å². The Balaban J connectivity index is 0.000000196. The maximum atomic E-state index is 8.57. The average Bonchev–Trinajstić information content (AvgIpc) is 2.01. The lowest BCUT2D eigenvalue weighted by molar-refractivity contribution is 0.0198. The van der Waals surface area contributed by atoms with E-state index in [9.17, 15) is 0 Å². The molecular weight excluding hydrogens is 184 g/mol. The van der Waals surface area contributed by atoms with Crippen LogP contribution in [0.4, 0.5) is 0 Å². The van der Waals surface area contributed by atoms with Crippen LogP contribution < -0.4 is 0 Å². The highest BCUT2D eigenvalue weighted by molar-refractivity contribution is 6.54. The fourth-order valence-corrected chi connectivity index (χ4v) is 3.98. The van der Waals surface area contributed by atoms with Crippen molar-refractivity contribution in [2.75, 3.05) is 0 Å². The van der Waals surface area contributed by atoms with Crippen molar-refractivity contribution in [2.24, 2.45) is 23.7 Å². The Morgan fingerprint density at radius 1 is 0.769 bits per heavy atom. The normalized spacial score (nSPS) is 45.3. The van der Waals surface area contributed by atoms with Crippen LogP contribution in [0.1, 0.15) is 38.5 Å². The topological polar surface area (TPSA) is 17.1 Å². The predicted octanol–water partition coefficient (Wildman–Crippen LogP) is 3.25. The van der Waals surface area contributed by atoms with Gasteiger partial charge in [-0.15, -0.1) is 0 Å². The van der Waals surface area contributed by atoms with Gasteiger partial charge in [-0.25, -0.2) is 0 Å². The van der Waals surface area contributed by atoms with Gasteiger partial charge in [0.05, 0.1) is 0 Å². The molecule has 0 unspecified atom stereocenters. The summed E-state index contributed by atoms with van der Waals surface area (Å²) in [6, 6.07) is 0. The molecule has 0 heterocycles. The van der Waals surface area contributed by atoms with Gasteiger partial charge in [0.25, 0.3) is 0 Å². The minimum absolute atomic E-state index is 0.222.